The Hall–Kier alpha value is -3.03. The fourth-order valence-electron chi connectivity index (χ4n) is 3.69. The van der Waals surface area contributed by atoms with Crippen molar-refractivity contribution in [3.63, 3.8) is 0 Å². The molecule has 4 rings (SSSR count). The zero-order valence-electron chi connectivity index (χ0n) is 17.0. The average molecular weight is 442 g/mol. The van der Waals surface area contributed by atoms with Gasteiger partial charge in [0.15, 0.2) is 0 Å². The van der Waals surface area contributed by atoms with Crippen LogP contribution in [0.15, 0.2) is 63.6 Å². The van der Waals surface area contributed by atoms with Crippen LogP contribution in [0.3, 0.4) is 0 Å². The Kier molecular flexibility index (Phi) is 6.74. The monoisotopic (exact) mass is 441 g/mol. The number of carbonyl (C=O) groups excluding carboxylic acids is 2. The molecule has 7 nitrogen and oxygen atoms in total. The molecule has 1 aliphatic heterocycles. The predicted molar refractivity (Wildman–Crippen MR) is 116 cm³/mol. The summed E-state index contributed by atoms with van der Waals surface area (Å²) < 4.78 is 11.1. The van der Waals surface area contributed by atoms with Crippen LogP contribution < -0.4 is 10.6 Å². The maximum Gasteiger partial charge on any atom is 0.237 e. The van der Waals surface area contributed by atoms with Crippen molar-refractivity contribution in [1.82, 2.24) is 15.5 Å². The van der Waals surface area contributed by atoms with Gasteiger partial charge in [-0.25, -0.2) is 0 Å². The summed E-state index contributed by atoms with van der Waals surface area (Å²) in [6.45, 7) is 1.52. The van der Waals surface area contributed by atoms with Gasteiger partial charge in [0.05, 0.1) is 31.9 Å². The fourth-order valence-corrected chi connectivity index (χ4v) is 3.81. The molecule has 1 unspecified atom stereocenters. The van der Waals surface area contributed by atoms with Gasteiger partial charge in [-0.2, -0.15) is 0 Å². The Balaban J connectivity index is 1.25. The molecule has 8 heteroatoms. The van der Waals surface area contributed by atoms with Gasteiger partial charge >= 0.3 is 0 Å². The molecule has 3 heterocycles. The summed E-state index contributed by atoms with van der Waals surface area (Å²) >= 11 is 5.92. The van der Waals surface area contributed by atoms with Gasteiger partial charge < -0.3 is 19.5 Å². The highest BCUT2D eigenvalue weighted by Gasteiger charge is 2.31. The summed E-state index contributed by atoms with van der Waals surface area (Å²) in [5.41, 5.74) is 0.919. The summed E-state index contributed by atoms with van der Waals surface area (Å²) in [6, 6.07) is 14.4. The lowest BCUT2D eigenvalue weighted by atomic mass is 10.2. The number of rotatable bonds is 8. The number of likely N-dealkylation sites (tertiary alicyclic amines) is 1. The zero-order valence-corrected chi connectivity index (χ0v) is 17.7. The van der Waals surface area contributed by atoms with Gasteiger partial charge in [0.25, 0.3) is 0 Å². The van der Waals surface area contributed by atoms with Gasteiger partial charge in [-0.05, 0) is 67.9 Å². The minimum Gasteiger partial charge on any atom is -0.467 e. The van der Waals surface area contributed by atoms with Crippen LogP contribution in [0.2, 0.25) is 5.02 Å². The third kappa shape index (κ3) is 5.57. The molecule has 0 spiro atoms. The van der Waals surface area contributed by atoms with Gasteiger partial charge in [0.2, 0.25) is 11.8 Å². The highest BCUT2D eigenvalue weighted by atomic mass is 35.5. The number of halogens is 1. The fraction of sp³-hybridized carbons (Fsp3) is 0.304. The first-order valence-corrected chi connectivity index (χ1v) is 10.6. The van der Waals surface area contributed by atoms with Crippen LogP contribution in [-0.2, 0) is 22.7 Å². The third-order valence-electron chi connectivity index (χ3n) is 5.28. The second-order valence-electron chi connectivity index (χ2n) is 7.48. The number of nitrogens with zero attached hydrogens (tertiary/aromatic N) is 1. The van der Waals surface area contributed by atoms with E-state index in [1.54, 1.807) is 24.5 Å². The molecular weight excluding hydrogens is 418 g/mol. The summed E-state index contributed by atoms with van der Waals surface area (Å²) in [7, 11) is 0. The third-order valence-corrected chi connectivity index (χ3v) is 5.53. The number of amides is 2. The van der Waals surface area contributed by atoms with E-state index >= 15 is 0 Å². The summed E-state index contributed by atoms with van der Waals surface area (Å²) in [6.07, 6.45) is 3.19. The average Bonchev–Trinajstić information content (AvgIpc) is 3.53. The highest BCUT2D eigenvalue weighted by Crippen LogP contribution is 2.24. The summed E-state index contributed by atoms with van der Waals surface area (Å²) in [5.74, 6) is 1.85. The van der Waals surface area contributed by atoms with Crippen LogP contribution in [0, 0.1) is 0 Å². The first kappa shape index (κ1) is 21.2. The van der Waals surface area contributed by atoms with Crippen molar-refractivity contribution in [3.8, 4) is 11.3 Å². The van der Waals surface area contributed by atoms with Crippen LogP contribution in [0.5, 0.6) is 0 Å². The van der Waals surface area contributed by atoms with Crippen molar-refractivity contribution in [2.45, 2.75) is 32.0 Å². The van der Waals surface area contributed by atoms with Gasteiger partial charge in [-0.15, -0.1) is 0 Å². The van der Waals surface area contributed by atoms with Gasteiger partial charge in [-0.1, -0.05) is 11.6 Å². The van der Waals surface area contributed by atoms with E-state index in [9.17, 15) is 9.59 Å². The molecule has 0 saturated carbocycles. The zero-order chi connectivity index (χ0) is 21.6. The van der Waals surface area contributed by atoms with Crippen molar-refractivity contribution in [3.05, 3.63) is 71.3 Å². The molecule has 31 heavy (non-hydrogen) atoms. The topological polar surface area (TPSA) is 87.7 Å². The van der Waals surface area contributed by atoms with E-state index in [-0.39, 0.29) is 30.9 Å². The van der Waals surface area contributed by atoms with E-state index in [1.165, 1.54) is 0 Å². The molecule has 1 atom stereocenters. The number of furan rings is 2. The largest absolute Gasteiger partial charge is 0.467 e. The first-order chi connectivity index (χ1) is 15.1. The maximum absolute atomic E-state index is 12.5. The van der Waals surface area contributed by atoms with E-state index < -0.39 is 0 Å². The van der Waals surface area contributed by atoms with Crippen molar-refractivity contribution in [1.29, 1.82) is 0 Å². The molecule has 0 aliphatic carbocycles. The molecule has 0 radical (unpaired) electrons. The van der Waals surface area contributed by atoms with E-state index in [1.807, 2.05) is 35.2 Å². The van der Waals surface area contributed by atoms with Gasteiger partial charge in [0, 0.05) is 10.6 Å². The molecule has 2 N–H and O–H groups in total. The Labute approximate surface area is 185 Å². The minimum absolute atomic E-state index is 0.0830. The van der Waals surface area contributed by atoms with Crippen LogP contribution >= 0.6 is 11.6 Å². The molecule has 2 aromatic heterocycles. The molecule has 2 amide bonds. The van der Waals surface area contributed by atoms with Crippen LogP contribution in [0.4, 0.5) is 0 Å². The molecule has 1 saturated heterocycles. The quantitative estimate of drug-likeness (QED) is 0.557. The lowest BCUT2D eigenvalue weighted by molar-refractivity contribution is -0.128. The summed E-state index contributed by atoms with van der Waals surface area (Å²) in [4.78, 5) is 26.9. The van der Waals surface area contributed by atoms with Crippen molar-refractivity contribution in [2.24, 2.45) is 0 Å². The van der Waals surface area contributed by atoms with Crippen molar-refractivity contribution >= 4 is 23.4 Å². The van der Waals surface area contributed by atoms with Crippen LogP contribution in [0.25, 0.3) is 11.3 Å². The van der Waals surface area contributed by atoms with Crippen LogP contribution in [-0.4, -0.2) is 35.8 Å². The molecule has 0 bridgehead atoms. The molecular formula is C23H24ClN3O4. The molecule has 1 aromatic carbocycles. The molecule has 1 aliphatic rings. The lowest BCUT2D eigenvalue weighted by Gasteiger charge is -2.22. The minimum atomic E-state index is -0.305. The smallest absolute Gasteiger partial charge is 0.237 e. The van der Waals surface area contributed by atoms with E-state index in [0.717, 1.165) is 18.4 Å². The van der Waals surface area contributed by atoms with E-state index in [2.05, 4.69) is 10.6 Å². The van der Waals surface area contributed by atoms with Gasteiger partial charge in [-0.3, -0.25) is 14.5 Å². The first-order valence-electron chi connectivity index (χ1n) is 10.2. The summed E-state index contributed by atoms with van der Waals surface area (Å²) in [5, 5.41) is 6.42. The number of hydrogen-bond donors (Lipinski definition) is 2. The van der Waals surface area contributed by atoms with Crippen molar-refractivity contribution in [2.75, 3.05) is 13.1 Å². The number of hydrogen-bond acceptors (Lipinski definition) is 5. The second kappa shape index (κ2) is 9.85. The molecule has 3 aromatic rings. The number of carbonyl (C=O) groups is 2. The Morgan fingerprint density at radius 1 is 1.03 bits per heavy atom. The van der Waals surface area contributed by atoms with Crippen LogP contribution in [0.1, 0.15) is 24.4 Å². The predicted octanol–water partition coefficient (Wildman–Crippen LogP) is 3.59. The maximum atomic E-state index is 12.5. The number of nitrogens with one attached hydrogen (secondary N) is 2. The Morgan fingerprint density at radius 3 is 2.61 bits per heavy atom. The second-order valence-corrected chi connectivity index (χ2v) is 7.91. The standard InChI is InChI=1S/C23H24ClN3O4/c24-17-7-5-16(6-8-17)21-10-9-19(31-21)14-25-22(28)15-27-11-1-4-20(27)23(29)26-13-18-3-2-12-30-18/h2-3,5-10,12,20H,1,4,11,13-15H2,(H,25,28)(H,26,29). The molecule has 1 fully saturated rings. The normalized spacial score (nSPS) is 16.4. The van der Waals surface area contributed by atoms with Gasteiger partial charge in [0.1, 0.15) is 17.3 Å². The van der Waals surface area contributed by atoms with E-state index in [0.29, 0.717) is 35.4 Å². The Morgan fingerprint density at radius 2 is 1.84 bits per heavy atom. The van der Waals surface area contributed by atoms with E-state index in [4.69, 9.17) is 20.4 Å². The SMILES string of the molecule is O=C(CN1CCCC1C(=O)NCc1ccco1)NCc1ccc(-c2ccc(Cl)cc2)o1. The molecule has 162 valence electrons. The Bertz CT molecular complexity index is 1010. The highest BCUT2D eigenvalue weighted by molar-refractivity contribution is 6.30. The van der Waals surface area contributed by atoms with Crippen molar-refractivity contribution < 1.29 is 18.4 Å². The number of benzene rings is 1. The lowest BCUT2D eigenvalue weighted by Crippen LogP contribution is -2.46.